The summed E-state index contributed by atoms with van der Waals surface area (Å²) in [5.74, 6) is 0.704. The summed E-state index contributed by atoms with van der Waals surface area (Å²) in [7, 11) is 0. The largest absolute Gasteiger partial charge is 0.352 e. The number of hydrogen-bond acceptors (Lipinski definition) is 1. The molecule has 3 heteroatoms. The van der Waals surface area contributed by atoms with Gasteiger partial charge >= 0.3 is 0 Å². The number of carbonyl (C=O) groups is 1. The lowest BCUT2D eigenvalue weighted by Gasteiger charge is -2.22. The van der Waals surface area contributed by atoms with Crippen molar-refractivity contribution in [1.82, 2.24) is 5.32 Å². The standard InChI is InChI=1S/C15H20ClNO/c1-15(7-2-3-8-15)14(18)17-11-13-6-4-5-12(9-13)10-16/h4-6,9H,2-3,7-8,10-11H2,1H3,(H,17,18). The summed E-state index contributed by atoms with van der Waals surface area (Å²) in [6.07, 6.45) is 4.37. The van der Waals surface area contributed by atoms with E-state index in [-0.39, 0.29) is 11.3 Å². The number of amides is 1. The van der Waals surface area contributed by atoms with Crippen molar-refractivity contribution in [2.75, 3.05) is 0 Å². The second-order valence-electron chi connectivity index (χ2n) is 5.40. The van der Waals surface area contributed by atoms with Crippen LogP contribution >= 0.6 is 11.6 Å². The SMILES string of the molecule is CC1(C(=O)NCc2cccc(CCl)c2)CCCC1. The molecule has 1 saturated carbocycles. The molecule has 1 aliphatic rings. The molecule has 18 heavy (non-hydrogen) atoms. The van der Waals surface area contributed by atoms with Gasteiger partial charge in [0.1, 0.15) is 0 Å². The minimum Gasteiger partial charge on any atom is -0.352 e. The van der Waals surface area contributed by atoms with Gasteiger partial charge in [-0.3, -0.25) is 4.79 Å². The average molecular weight is 266 g/mol. The molecule has 1 aromatic rings. The van der Waals surface area contributed by atoms with Crippen LogP contribution in [0.3, 0.4) is 0 Å². The van der Waals surface area contributed by atoms with Crippen LogP contribution in [-0.4, -0.2) is 5.91 Å². The minimum absolute atomic E-state index is 0.149. The van der Waals surface area contributed by atoms with E-state index in [1.165, 1.54) is 12.8 Å². The predicted molar refractivity (Wildman–Crippen MR) is 74.4 cm³/mol. The molecule has 0 spiro atoms. The molecular formula is C15H20ClNO. The molecule has 1 fully saturated rings. The number of nitrogens with one attached hydrogen (secondary N) is 1. The first-order chi connectivity index (χ1) is 8.64. The molecule has 1 aromatic carbocycles. The molecule has 0 radical (unpaired) electrons. The van der Waals surface area contributed by atoms with Crippen molar-refractivity contribution < 1.29 is 4.79 Å². The van der Waals surface area contributed by atoms with Crippen LogP contribution in [0.4, 0.5) is 0 Å². The van der Waals surface area contributed by atoms with Gasteiger partial charge < -0.3 is 5.32 Å². The molecule has 0 atom stereocenters. The van der Waals surface area contributed by atoms with E-state index >= 15 is 0 Å². The van der Waals surface area contributed by atoms with Crippen molar-refractivity contribution in [3.63, 3.8) is 0 Å². The predicted octanol–water partition coefficient (Wildman–Crippen LogP) is 3.62. The van der Waals surface area contributed by atoms with Gasteiger partial charge in [0.2, 0.25) is 5.91 Å². The lowest BCUT2D eigenvalue weighted by atomic mass is 9.88. The third-order valence-electron chi connectivity index (χ3n) is 3.85. The topological polar surface area (TPSA) is 29.1 Å². The van der Waals surface area contributed by atoms with E-state index in [9.17, 15) is 4.79 Å². The molecule has 2 rings (SSSR count). The third-order valence-corrected chi connectivity index (χ3v) is 4.16. The highest BCUT2D eigenvalue weighted by Crippen LogP contribution is 2.37. The molecule has 0 aromatic heterocycles. The van der Waals surface area contributed by atoms with Gasteiger partial charge in [-0.25, -0.2) is 0 Å². The highest BCUT2D eigenvalue weighted by atomic mass is 35.5. The normalized spacial score (nSPS) is 17.7. The zero-order valence-corrected chi connectivity index (χ0v) is 11.6. The number of halogens is 1. The van der Waals surface area contributed by atoms with Crippen LogP contribution in [0.15, 0.2) is 24.3 Å². The van der Waals surface area contributed by atoms with Gasteiger partial charge in [-0.15, -0.1) is 11.6 Å². The summed E-state index contributed by atoms with van der Waals surface area (Å²) < 4.78 is 0. The first kappa shape index (κ1) is 13.4. The fourth-order valence-electron chi connectivity index (χ4n) is 2.60. The Kier molecular flexibility index (Phi) is 4.28. The maximum Gasteiger partial charge on any atom is 0.226 e. The highest BCUT2D eigenvalue weighted by Gasteiger charge is 2.35. The third kappa shape index (κ3) is 3.05. The van der Waals surface area contributed by atoms with Crippen LogP contribution in [0.5, 0.6) is 0 Å². The van der Waals surface area contributed by atoms with E-state index < -0.39 is 0 Å². The van der Waals surface area contributed by atoms with Gasteiger partial charge in [-0.2, -0.15) is 0 Å². The molecule has 1 N–H and O–H groups in total. The van der Waals surface area contributed by atoms with Gasteiger partial charge in [-0.1, -0.05) is 44.0 Å². The quantitative estimate of drug-likeness (QED) is 0.828. The van der Waals surface area contributed by atoms with Crippen molar-refractivity contribution in [2.24, 2.45) is 5.41 Å². The van der Waals surface area contributed by atoms with E-state index in [2.05, 4.69) is 12.2 Å². The van der Waals surface area contributed by atoms with Crippen LogP contribution in [0.25, 0.3) is 0 Å². The van der Waals surface area contributed by atoms with Crippen molar-refractivity contribution in [2.45, 2.75) is 45.0 Å². The Morgan fingerprint density at radius 1 is 1.33 bits per heavy atom. The Bertz CT molecular complexity index is 424. The first-order valence-electron chi connectivity index (χ1n) is 6.56. The molecule has 1 aliphatic carbocycles. The van der Waals surface area contributed by atoms with Crippen molar-refractivity contribution in [3.8, 4) is 0 Å². The summed E-state index contributed by atoms with van der Waals surface area (Å²) in [6, 6.07) is 8.05. The van der Waals surface area contributed by atoms with Gasteiger partial charge in [0.05, 0.1) is 0 Å². The maximum atomic E-state index is 12.2. The Hall–Kier alpha value is -1.02. The number of hydrogen-bond donors (Lipinski definition) is 1. The Morgan fingerprint density at radius 3 is 2.67 bits per heavy atom. The summed E-state index contributed by atoms with van der Waals surface area (Å²) in [5.41, 5.74) is 2.06. The van der Waals surface area contributed by atoms with Crippen molar-refractivity contribution in [1.29, 1.82) is 0 Å². The monoisotopic (exact) mass is 265 g/mol. The summed E-state index contributed by atoms with van der Waals surface area (Å²) in [4.78, 5) is 12.2. The van der Waals surface area contributed by atoms with Crippen LogP contribution in [-0.2, 0) is 17.2 Å². The lowest BCUT2D eigenvalue weighted by Crippen LogP contribution is -2.36. The van der Waals surface area contributed by atoms with Gasteiger partial charge in [0.25, 0.3) is 0 Å². The highest BCUT2D eigenvalue weighted by molar-refractivity contribution is 6.17. The van der Waals surface area contributed by atoms with Crippen molar-refractivity contribution >= 4 is 17.5 Å². The summed E-state index contributed by atoms with van der Waals surface area (Å²) >= 11 is 5.80. The zero-order chi connectivity index (χ0) is 13.0. The first-order valence-corrected chi connectivity index (χ1v) is 7.10. The van der Waals surface area contributed by atoms with Crippen LogP contribution < -0.4 is 5.32 Å². The fourth-order valence-corrected chi connectivity index (χ4v) is 2.77. The number of carbonyl (C=O) groups excluding carboxylic acids is 1. The number of rotatable bonds is 4. The Labute approximate surface area is 114 Å². The maximum absolute atomic E-state index is 12.2. The second kappa shape index (κ2) is 5.75. The molecule has 1 amide bonds. The lowest BCUT2D eigenvalue weighted by molar-refractivity contribution is -0.130. The Morgan fingerprint density at radius 2 is 2.00 bits per heavy atom. The van der Waals surface area contributed by atoms with E-state index in [1.807, 2.05) is 24.3 Å². The molecule has 0 saturated heterocycles. The van der Waals surface area contributed by atoms with E-state index in [0.29, 0.717) is 12.4 Å². The molecular weight excluding hydrogens is 246 g/mol. The summed E-state index contributed by atoms with van der Waals surface area (Å²) in [6.45, 7) is 2.67. The van der Waals surface area contributed by atoms with Gasteiger partial charge in [-0.05, 0) is 24.0 Å². The summed E-state index contributed by atoms with van der Waals surface area (Å²) in [5, 5.41) is 3.05. The van der Waals surface area contributed by atoms with Crippen molar-refractivity contribution in [3.05, 3.63) is 35.4 Å². The Balaban J connectivity index is 1.92. The molecule has 98 valence electrons. The number of benzene rings is 1. The fraction of sp³-hybridized carbons (Fsp3) is 0.533. The molecule has 0 aliphatic heterocycles. The molecule has 2 nitrogen and oxygen atoms in total. The smallest absolute Gasteiger partial charge is 0.226 e. The molecule has 0 bridgehead atoms. The van der Waals surface area contributed by atoms with Crippen LogP contribution in [0, 0.1) is 5.41 Å². The average Bonchev–Trinajstić information content (AvgIpc) is 2.84. The minimum atomic E-state index is -0.149. The number of alkyl halides is 1. The van der Waals surface area contributed by atoms with E-state index in [1.54, 1.807) is 0 Å². The van der Waals surface area contributed by atoms with Crippen LogP contribution in [0.2, 0.25) is 0 Å². The van der Waals surface area contributed by atoms with Gasteiger partial charge in [0.15, 0.2) is 0 Å². The molecule has 0 unspecified atom stereocenters. The molecule has 0 heterocycles. The zero-order valence-electron chi connectivity index (χ0n) is 10.8. The second-order valence-corrected chi connectivity index (χ2v) is 5.67. The van der Waals surface area contributed by atoms with Crippen LogP contribution in [0.1, 0.15) is 43.7 Å². The van der Waals surface area contributed by atoms with E-state index in [0.717, 1.165) is 24.0 Å². The van der Waals surface area contributed by atoms with E-state index in [4.69, 9.17) is 11.6 Å². The van der Waals surface area contributed by atoms with Gasteiger partial charge in [0, 0.05) is 17.8 Å².